The number of aliphatic hydroxyl groups is 4. The van der Waals surface area contributed by atoms with E-state index in [1.165, 1.54) is 0 Å². The summed E-state index contributed by atoms with van der Waals surface area (Å²) < 4.78 is 9.16. The maximum absolute atomic E-state index is 11.9. The van der Waals surface area contributed by atoms with Crippen LogP contribution in [-0.4, -0.2) is 85.1 Å². The molecule has 0 aromatic rings. The molecular formula is C11H14BrN3O7. The van der Waals surface area contributed by atoms with Gasteiger partial charge in [0.2, 0.25) is 0 Å². The molecule has 3 heterocycles. The molecule has 4 aliphatic rings. The van der Waals surface area contributed by atoms with Crippen molar-refractivity contribution < 1.29 is 34.7 Å². The van der Waals surface area contributed by atoms with Crippen molar-refractivity contribution in [3.8, 4) is 0 Å². The third-order valence-corrected chi connectivity index (χ3v) is 6.64. The number of rotatable bonds is 1. The predicted octanol–water partition coefficient (Wildman–Crippen LogP) is -4.11. The van der Waals surface area contributed by atoms with Crippen molar-refractivity contribution in [1.82, 2.24) is 5.32 Å². The van der Waals surface area contributed by atoms with Crippen LogP contribution in [0.15, 0.2) is 4.99 Å². The van der Waals surface area contributed by atoms with E-state index in [4.69, 9.17) is 15.2 Å². The van der Waals surface area contributed by atoms with Crippen molar-refractivity contribution in [3.63, 3.8) is 0 Å². The Morgan fingerprint density at radius 3 is 2.73 bits per heavy atom. The molecule has 1 saturated carbocycles. The number of esters is 1. The molecule has 2 bridgehead atoms. The molecule has 22 heavy (non-hydrogen) atoms. The second-order valence-corrected chi connectivity index (χ2v) is 7.28. The normalized spacial score (nSPS) is 58.7. The van der Waals surface area contributed by atoms with Crippen molar-refractivity contribution in [2.75, 3.05) is 6.61 Å². The van der Waals surface area contributed by atoms with Crippen LogP contribution < -0.4 is 11.1 Å². The summed E-state index contributed by atoms with van der Waals surface area (Å²) >= 11 is 3.33. The Hall–Kier alpha value is -0.980. The average molecular weight is 380 g/mol. The Labute approximate surface area is 132 Å². The highest BCUT2D eigenvalue weighted by molar-refractivity contribution is 9.10. The van der Waals surface area contributed by atoms with Gasteiger partial charge in [-0.3, -0.25) is 0 Å². The first-order chi connectivity index (χ1) is 10.3. The Morgan fingerprint density at radius 1 is 1.41 bits per heavy atom. The lowest BCUT2D eigenvalue weighted by molar-refractivity contribution is -0.212. The zero-order valence-corrected chi connectivity index (χ0v) is 12.6. The first kappa shape index (κ1) is 14.6. The molecule has 0 unspecified atom stereocenters. The standard InChI is InChI=1S/C11H14BrN3O7/c12-10-6(20)9(1-16)2(17)4-11(10,3(18)5(19)21-4)15-8(13)14-7(10)22-9/h2-4,6-7,16-18,20H,1H2,(H3,13,14,15)/t2-,3+,4+,6-,7+,9+,10+,11-/m0/s1. The molecule has 0 radical (unpaired) electrons. The number of nitrogens with one attached hydrogen (secondary N) is 1. The molecule has 1 spiro atoms. The number of fused-ring (bicyclic) bond motifs is 1. The molecule has 1 aliphatic carbocycles. The lowest BCUT2D eigenvalue weighted by Crippen LogP contribution is -2.85. The smallest absolute Gasteiger partial charge is 0.338 e. The van der Waals surface area contributed by atoms with Gasteiger partial charge in [-0.15, -0.1) is 0 Å². The summed E-state index contributed by atoms with van der Waals surface area (Å²) in [4.78, 5) is 15.9. The topological polar surface area (TPSA) is 167 Å². The molecule has 4 rings (SSSR count). The Kier molecular flexibility index (Phi) is 2.60. The van der Waals surface area contributed by atoms with E-state index in [0.29, 0.717) is 0 Å². The van der Waals surface area contributed by atoms with E-state index in [9.17, 15) is 25.2 Å². The number of nitrogens with zero attached hydrogens (tertiary/aromatic N) is 1. The summed E-state index contributed by atoms with van der Waals surface area (Å²) in [6.45, 7) is -0.741. The third-order valence-electron chi connectivity index (χ3n) is 5.16. The second-order valence-electron chi connectivity index (χ2n) is 5.97. The van der Waals surface area contributed by atoms with Crippen molar-refractivity contribution in [1.29, 1.82) is 0 Å². The minimum atomic E-state index is -1.82. The van der Waals surface area contributed by atoms with Crippen molar-refractivity contribution >= 4 is 27.9 Å². The highest BCUT2D eigenvalue weighted by Gasteiger charge is 2.86. The Bertz CT molecular complexity index is 604. The third kappa shape index (κ3) is 1.16. The molecule has 7 N–H and O–H groups in total. The summed E-state index contributed by atoms with van der Waals surface area (Å²) in [6, 6.07) is 0. The van der Waals surface area contributed by atoms with Gasteiger partial charge in [0.15, 0.2) is 30.0 Å². The number of ether oxygens (including phenoxy) is 2. The van der Waals surface area contributed by atoms with Gasteiger partial charge in [-0.05, 0) is 0 Å². The van der Waals surface area contributed by atoms with Gasteiger partial charge in [0.05, 0.1) is 6.61 Å². The van der Waals surface area contributed by atoms with E-state index in [-0.39, 0.29) is 5.96 Å². The summed E-state index contributed by atoms with van der Waals surface area (Å²) in [6.07, 6.45) is -7.26. The number of guanidine groups is 1. The van der Waals surface area contributed by atoms with Crippen LogP contribution in [0.25, 0.3) is 0 Å². The lowest BCUT2D eigenvalue weighted by atomic mass is 9.61. The first-order valence-electron chi connectivity index (χ1n) is 6.59. The summed E-state index contributed by atoms with van der Waals surface area (Å²) in [5, 5.41) is 44.0. The highest BCUT2D eigenvalue weighted by Crippen LogP contribution is 2.62. The number of hydrogen-bond acceptors (Lipinski definition) is 10. The predicted molar refractivity (Wildman–Crippen MR) is 71.7 cm³/mol. The molecule has 8 atom stereocenters. The average Bonchev–Trinajstić information content (AvgIpc) is 2.85. The quantitative estimate of drug-likeness (QED) is 0.196. The van der Waals surface area contributed by atoms with Crippen LogP contribution in [0, 0.1) is 0 Å². The number of halogens is 1. The molecule has 11 heteroatoms. The van der Waals surface area contributed by atoms with Gasteiger partial charge >= 0.3 is 5.97 Å². The van der Waals surface area contributed by atoms with Crippen LogP contribution in [0.4, 0.5) is 0 Å². The van der Waals surface area contributed by atoms with E-state index in [1.54, 1.807) is 0 Å². The maximum Gasteiger partial charge on any atom is 0.338 e. The summed E-state index contributed by atoms with van der Waals surface area (Å²) in [5.41, 5.74) is 2.20. The first-order valence-corrected chi connectivity index (χ1v) is 7.38. The molecule has 0 aromatic heterocycles. The number of carbonyl (C=O) groups is 1. The zero-order valence-electron chi connectivity index (χ0n) is 11.0. The minimum Gasteiger partial charge on any atom is -0.455 e. The fourth-order valence-corrected chi connectivity index (χ4v) is 5.20. The molecule has 0 amide bonds. The number of carbonyl (C=O) groups excluding carboxylic acids is 1. The Morgan fingerprint density at radius 2 is 2.09 bits per heavy atom. The number of nitrogens with two attached hydrogens (primary N) is 1. The van der Waals surface area contributed by atoms with Crippen LogP contribution in [0.2, 0.25) is 0 Å². The van der Waals surface area contributed by atoms with Crippen molar-refractivity contribution in [2.45, 2.75) is 46.1 Å². The van der Waals surface area contributed by atoms with E-state index in [1.807, 2.05) is 0 Å². The molecule has 3 aliphatic heterocycles. The largest absolute Gasteiger partial charge is 0.455 e. The van der Waals surface area contributed by atoms with Crippen molar-refractivity contribution in [2.24, 2.45) is 10.7 Å². The molecule has 10 nitrogen and oxygen atoms in total. The monoisotopic (exact) mass is 379 g/mol. The maximum atomic E-state index is 11.9. The minimum absolute atomic E-state index is 0.141. The van der Waals surface area contributed by atoms with Crippen molar-refractivity contribution in [3.05, 3.63) is 0 Å². The van der Waals surface area contributed by atoms with E-state index in [0.717, 1.165) is 0 Å². The Balaban J connectivity index is 2.02. The fourth-order valence-electron chi connectivity index (χ4n) is 4.08. The van der Waals surface area contributed by atoms with Crippen LogP contribution in [0.3, 0.4) is 0 Å². The van der Waals surface area contributed by atoms with Gasteiger partial charge in [-0.2, -0.15) is 0 Å². The number of alkyl halides is 1. The van der Waals surface area contributed by atoms with Gasteiger partial charge in [0, 0.05) is 0 Å². The van der Waals surface area contributed by atoms with Crippen LogP contribution >= 0.6 is 15.9 Å². The lowest BCUT2D eigenvalue weighted by Gasteiger charge is -2.55. The summed E-state index contributed by atoms with van der Waals surface area (Å²) in [5.74, 6) is -1.12. The van der Waals surface area contributed by atoms with E-state index < -0.39 is 58.7 Å². The second kappa shape index (κ2) is 3.91. The molecule has 3 fully saturated rings. The fraction of sp³-hybridized carbons (Fsp3) is 0.818. The van der Waals surface area contributed by atoms with Gasteiger partial charge in [-0.25, -0.2) is 9.79 Å². The van der Waals surface area contributed by atoms with Crippen LogP contribution in [0.1, 0.15) is 0 Å². The van der Waals surface area contributed by atoms with E-state index in [2.05, 4.69) is 26.2 Å². The van der Waals surface area contributed by atoms with E-state index >= 15 is 0 Å². The van der Waals surface area contributed by atoms with Gasteiger partial charge in [0.1, 0.15) is 22.1 Å². The summed E-state index contributed by atoms with van der Waals surface area (Å²) in [7, 11) is 0. The molecular weight excluding hydrogens is 366 g/mol. The van der Waals surface area contributed by atoms with Gasteiger partial charge in [-0.1, -0.05) is 15.9 Å². The number of hydrogen-bond donors (Lipinski definition) is 6. The van der Waals surface area contributed by atoms with Crippen LogP contribution in [-0.2, 0) is 14.3 Å². The molecule has 122 valence electrons. The number of aliphatic hydroxyl groups excluding tert-OH is 4. The van der Waals surface area contributed by atoms with Gasteiger partial charge in [0.25, 0.3) is 0 Å². The SMILES string of the molecule is NC1=N[C@@H]2O[C@]3(CO)[C@@H](O)[C@H]4OC(=O)[C@@H](O)[C@@]4(N1)[C@@]2(Br)[C@H]3O. The van der Waals surface area contributed by atoms with Crippen LogP contribution in [0.5, 0.6) is 0 Å². The molecule has 2 saturated heterocycles. The van der Waals surface area contributed by atoms with Gasteiger partial charge < -0.3 is 41.0 Å². The number of aliphatic imine (C=N–C) groups is 1. The zero-order chi connectivity index (χ0) is 16.1. The highest BCUT2D eigenvalue weighted by atomic mass is 79.9. The molecule has 0 aromatic carbocycles.